The zero-order valence-corrected chi connectivity index (χ0v) is 37.0. The van der Waals surface area contributed by atoms with Crippen molar-refractivity contribution in [3.8, 4) is 11.5 Å². The number of aryl methyl sites for hydroxylation is 2. The molecule has 14 heteroatoms. The molecule has 8 rings (SSSR count). The van der Waals surface area contributed by atoms with Crippen LogP contribution in [-0.4, -0.2) is 42.4 Å². The molecule has 2 aromatic heterocycles. The average molecular weight is 902 g/mol. The summed E-state index contributed by atoms with van der Waals surface area (Å²) in [7, 11) is -2.65. The number of pyridine rings is 2. The summed E-state index contributed by atoms with van der Waals surface area (Å²) >= 11 is 0. The molecule has 8 aromatic rings. The van der Waals surface area contributed by atoms with Crippen LogP contribution in [0.15, 0.2) is 160 Å². The number of rotatable bonds is 17. The van der Waals surface area contributed by atoms with Crippen molar-refractivity contribution >= 4 is 60.5 Å². The number of aliphatic hydroxyl groups excluding tert-OH is 1. The first-order valence-electron chi connectivity index (χ1n) is 21.3. The van der Waals surface area contributed by atoms with Crippen molar-refractivity contribution in [2.45, 2.75) is 55.1 Å². The summed E-state index contributed by atoms with van der Waals surface area (Å²) in [6.45, 7) is 2.07. The number of primary amides is 1. The quantitative estimate of drug-likeness (QED) is 0.0548. The number of amides is 2. The number of fused-ring (bicyclic) bond motifs is 2. The number of carbonyl (C=O) groups is 2. The van der Waals surface area contributed by atoms with Gasteiger partial charge in [-0.25, -0.2) is 8.42 Å². The number of nitrogens with two attached hydrogens (primary N) is 1. The Hall–Kier alpha value is -7.81. The highest BCUT2D eigenvalue weighted by atomic mass is 32.2. The van der Waals surface area contributed by atoms with E-state index in [9.17, 15) is 27.9 Å². The molecule has 0 aliphatic carbocycles. The molecule has 0 radical (unpaired) electrons. The van der Waals surface area contributed by atoms with E-state index in [-0.39, 0.29) is 32.2 Å². The molecular weight excluding hydrogens is 855 g/mol. The highest BCUT2D eigenvalue weighted by Crippen LogP contribution is 2.36. The van der Waals surface area contributed by atoms with E-state index in [1.165, 1.54) is 55.8 Å². The van der Waals surface area contributed by atoms with Crippen LogP contribution in [0.1, 0.15) is 68.3 Å². The fourth-order valence-corrected chi connectivity index (χ4v) is 9.30. The zero-order valence-electron chi connectivity index (χ0n) is 36.2. The Bertz CT molecular complexity index is 3270. The third-order valence-corrected chi connectivity index (χ3v) is 13.1. The summed E-state index contributed by atoms with van der Waals surface area (Å²) in [5, 5.41) is 18.4. The number of ether oxygens (including phenoxy) is 2. The minimum atomic E-state index is -4.18. The number of anilines is 3. The van der Waals surface area contributed by atoms with Crippen molar-refractivity contribution in [2.24, 2.45) is 5.73 Å². The molecule has 0 aliphatic heterocycles. The van der Waals surface area contributed by atoms with Gasteiger partial charge in [-0.1, -0.05) is 67.1 Å². The topological polar surface area (TPSA) is 203 Å². The maximum absolute atomic E-state index is 14.2. The molecule has 6 aromatic carbocycles. The Morgan fingerprint density at radius 2 is 1.59 bits per heavy atom. The van der Waals surface area contributed by atoms with Crippen LogP contribution < -0.4 is 31.4 Å². The zero-order chi connectivity index (χ0) is 46.4. The Labute approximate surface area is 381 Å². The molecule has 0 unspecified atom stereocenters. The highest BCUT2D eigenvalue weighted by molar-refractivity contribution is 7.91. The maximum Gasteiger partial charge on any atom is 0.255 e. The largest absolute Gasteiger partial charge is 0.497 e. The van der Waals surface area contributed by atoms with Crippen LogP contribution >= 0.6 is 0 Å². The number of benzene rings is 6. The summed E-state index contributed by atoms with van der Waals surface area (Å²) in [6, 6.07) is 39.8. The van der Waals surface area contributed by atoms with Crippen molar-refractivity contribution < 1.29 is 32.6 Å². The number of carbonyl (C=O) groups excluding carboxylic acids is 2. The normalized spacial score (nSPS) is 11.9. The molecule has 0 fully saturated rings. The number of aromatic amines is 1. The molecule has 0 saturated heterocycles. The first-order valence-corrected chi connectivity index (χ1v) is 22.8. The molecule has 13 nitrogen and oxygen atoms in total. The molecule has 0 aliphatic rings. The third-order valence-electron chi connectivity index (χ3n) is 11.3. The first-order chi connectivity index (χ1) is 31.9. The number of nitrogens with zero attached hydrogens (tertiary/aromatic N) is 1. The highest BCUT2D eigenvalue weighted by Gasteiger charge is 2.24. The van der Waals surface area contributed by atoms with Gasteiger partial charge >= 0.3 is 0 Å². The number of hydrogen-bond acceptors (Lipinski definition) is 10. The van der Waals surface area contributed by atoms with E-state index in [4.69, 9.17) is 15.2 Å². The molecule has 6 N–H and O–H groups in total. The predicted molar refractivity (Wildman–Crippen MR) is 255 cm³/mol. The van der Waals surface area contributed by atoms with E-state index >= 15 is 0 Å². The number of H-pyrrole nitrogens is 1. The second-order valence-corrected chi connectivity index (χ2v) is 17.8. The van der Waals surface area contributed by atoms with E-state index in [0.29, 0.717) is 63.4 Å². The van der Waals surface area contributed by atoms with Gasteiger partial charge in [-0.2, -0.15) is 0 Å². The number of methoxy groups -OCH3 is 1. The Kier molecular flexibility index (Phi) is 13.2. The van der Waals surface area contributed by atoms with Gasteiger partial charge in [-0.3, -0.25) is 19.4 Å². The van der Waals surface area contributed by atoms with Crippen LogP contribution in [0.4, 0.5) is 17.1 Å². The minimum absolute atomic E-state index is 0.0581. The lowest BCUT2D eigenvalue weighted by molar-refractivity contribution is 0.0998. The van der Waals surface area contributed by atoms with Crippen molar-refractivity contribution in [2.75, 3.05) is 17.7 Å². The summed E-state index contributed by atoms with van der Waals surface area (Å²) in [4.78, 5) is 45.5. The lowest BCUT2D eigenvalue weighted by atomic mass is 9.97. The maximum atomic E-state index is 14.2. The van der Waals surface area contributed by atoms with Gasteiger partial charge in [0.15, 0.2) is 0 Å². The van der Waals surface area contributed by atoms with Gasteiger partial charge in [0.1, 0.15) is 18.1 Å². The lowest BCUT2D eigenvalue weighted by Crippen LogP contribution is -2.15. The van der Waals surface area contributed by atoms with Crippen molar-refractivity contribution in [1.82, 2.24) is 9.97 Å². The number of sulfone groups is 1. The third kappa shape index (κ3) is 9.94. The summed E-state index contributed by atoms with van der Waals surface area (Å²) in [5.41, 5.74) is 11.4. The molecule has 0 bridgehead atoms. The van der Waals surface area contributed by atoms with Crippen molar-refractivity contribution in [1.29, 1.82) is 0 Å². The van der Waals surface area contributed by atoms with Gasteiger partial charge in [-0.15, -0.1) is 0 Å². The predicted octanol–water partition coefficient (Wildman–Crippen LogP) is 9.35. The van der Waals surface area contributed by atoms with Crippen LogP contribution in [0.25, 0.3) is 21.8 Å². The molecular formula is C52H47N5O8S. The summed E-state index contributed by atoms with van der Waals surface area (Å²) in [5.74, 6) is -0.135. The Balaban J connectivity index is 0.905. The Morgan fingerprint density at radius 1 is 0.803 bits per heavy atom. The SMILES string of the molecule is COc1cccc(Nc2c(C(N)=O)cnc3c(C)cc(S(=O)(=O)c4cccc(C(=O)Nc5ccc(CCCC[C@H](O)c6ccc(OCc7ccccc7)c7[nH]c(=O)ccc67)cc5)c4)cc23)c1. The van der Waals surface area contributed by atoms with Gasteiger partial charge in [0.2, 0.25) is 15.4 Å². The van der Waals surface area contributed by atoms with Crippen LogP contribution in [0.5, 0.6) is 11.5 Å². The van der Waals surface area contributed by atoms with E-state index in [2.05, 4.69) is 20.6 Å². The van der Waals surface area contributed by atoms with E-state index in [1.54, 1.807) is 55.5 Å². The van der Waals surface area contributed by atoms with Crippen molar-refractivity contribution in [3.05, 3.63) is 189 Å². The Morgan fingerprint density at radius 3 is 2.36 bits per heavy atom. The van der Waals surface area contributed by atoms with E-state index < -0.39 is 27.8 Å². The molecule has 0 saturated carbocycles. The average Bonchev–Trinajstić information content (AvgIpc) is 3.33. The molecule has 1 atom stereocenters. The standard InChI is InChI=1S/C52H47N5O8S/c1-32-26-40(29-43-48(32)54-30-44(51(53)60)49(43)55-37-14-9-15-38(28-37)64-2)66(62,63)39-16-8-13-35(27-39)52(61)56-36-20-18-33(19-21-36)10-6-7-17-45(58)41-22-24-46(50-42(41)23-25-47(59)57-50)65-31-34-11-4-3-5-12-34/h3-5,8-9,11-16,18-30,45,58H,6-7,10,17,31H2,1-2H3,(H2,53,60)(H,54,55)(H,56,61)(H,57,59)/t45-/m0/s1. The summed E-state index contributed by atoms with van der Waals surface area (Å²) < 4.78 is 39.8. The number of nitrogens with one attached hydrogen (secondary N) is 3. The van der Waals surface area contributed by atoms with E-state index in [0.717, 1.165) is 35.8 Å². The number of aliphatic hydroxyl groups is 1. The second kappa shape index (κ2) is 19.5. The van der Waals surface area contributed by atoms with Crippen LogP contribution in [0.3, 0.4) is 0 Å². The smallest absolute Gasteiger partial charge is 0.255 e. The molecule has 2 heterocycles. The van der Waals surface area contributed by atoms with Gasteiger partial charge < -0.3 is 35.9 Å². The van der Waals surface area contributed by atoms with Crippen LogP contribution in [0.2, 0.25) is 0 Å². The van der Waals surface area contributed by atoms with Gasteiger partial charge in [0.25, 0.3) is 11.8 Å². The first kappa shape index (κ1) is 44.8. The molecule has 0 spiro atoms. The van der Waals surface area contributed by atoms with Gasteiger partial charge in [-0.05, 0) is 115 Å². The number of unbranched alkanes of at least 4 members (excludes halogenated alkanes) is 1. The minimum Gasteiger partial charge on any atom is -0.497 e. The fourth-order valence-electron chi connectivity index (χ4n) is 7.88. The van der Waals surface area contributed by atoms with Crippen LogP contribution in [0, 0.1) is 6.92 Å². The van der Waals surface area contributed by atoms with Crippen molar-refractivity contribution in [3.63, 3.8) is 0 Å². The fraction of sp³-hybridized carbons (Fsp3) is 0.154. The van der Waals surface area contributed by atoms with Crippen LogP contribution in [-0.2, 0) is 22.9 Å². The van der Waals surface area contributed by atoms with E-state index in [1.807, 2.05) is 48.5 Å². The summed E-state index contributed by atoms with van der Waals surface area (Å²) in [6.07, 6.45) is 3.40. The number of aromatic nitrogens is 2. The van der Waals surface area contributed by atoms with Gasteiger partial charge in [0.05, 0.1) is 45.3 Å². The molecule has 66 heavy (non-hydrogen) atoms. The van der Waals surface area contributed by atoms with Gasteiger partial charge in [0, 0.05) is 46.0 Å². The number of hydrogen-bond donors (Lipinski definition) is 5. The molecule has 2 amide bonds. The second-order valence-electron chi connectivity index (χ2n) is 15.9. The molecule has 334 valence electrons. The monoisotopic (exact) mass is 901 g/mol. The lowest BCUT2D eigenvalue weighted by Gasteiger charge is -2.16.